The van der Waals surface area contributed by atoms with Gasteiger partial charge in [-0.15, -0.1) is 0 Å². The molecule has 134 valence electrons. The van der Waals surface area contributed by atoms with Gasteiger partial charge in [0.05, 0.1) is 5.52 Å². The zero-order valence-corrected chi connectivity index (χ0v) is 14.9. The van der Waals surface area contributed by atoms with Crippen molar-refractivity contribution in [3.63, 3.8) is 0 Å². The molecule has 0 atom stereocenters. The third-order valence-electron chi connectivity index (χ3n) is 4.40. The lowest BCUT2D eigenvalue weighted by molar-refractivity contribution is 0.0952. The number of aryl methyl sites for hydroxylation is 3. The first-order chi connectivity index (χ1) is 12.4. The van der Waals surface area contributed by atoms with Crippen LogP contribution in [0.4, 0.5) is 0 Å². The Bertz CT molecular complexity index is 1000. The Kier molecular flexibility index (Phi) is 5.07. The molecule has 0 bridgehead atoms. The summed E-state index contributed by atoms with van der Waals surface area (Å²) in [5.74, 6) is -0.124. The Morgan fingerprint density at radius 1 is 1.12 bits per heavy atom. The summed E-state index contributed by atoms with van der Waals surface area (Å²) in [5.41, 5.74) is 3.68. The lowest BCUT2D eigenvalue weighted by Gasteiger charge is -2.08. The van der Waals surface area contributed by atoms with E-state index in [9.17, 15) is 14.7 Å². The average molecular weight is 350 g/mol. The van der Waals surface area contributed by atoms with Gasteiger partial charge in [0.2, 0.25) is 0 Å². The number of aromatic nitrogens is 1. The summed E-state index contributed by atoms with van der Waals surface area (Å²) in [5, 5.41) is 12.9. The van der Waals surface area contributed by atoms with E-state index >= 15 is 0 Å². The van der Waals surface area contributed by atoms with E-state index in [1.54, 1.807) is 18.2 Å². The molecule has 3 N–H and O–H groups in total. The summed E-state index contributed by atoms with van der Waals surface area (Å²) in [7, 11) is 0. The number of benzene rings is 2. The highest BCUT2D eigenvalue weighted by Crippen LogP contribution is 2.18. The van der Waals surface area contributed by atoms with Gasteiger partial charge in [0.15, 0.2) is 0 Å². The fourth-order valence-electron chi connectivity index (χ4n) is 3.11. The van der Waals surface area contributed by atoms with Crippen LogP contribution in [0.5, 0.6) is 5.75 Å². The van der Waals surface area contributed by atoms with Crippen molar-refractivity contribution in [2.75, 3.05) is 6.54 Å². The average Bonchev–Trinajstić information content (AvgIpc) is 2.60. The van der Waals surface area contributed by atoms with Gasteiger partial charge >= 0.3 is 0 Å². The number of phenolic OH excluding ortho intramolecular Hbond substituents is 1. The topological polar surface area (TPSA) is 82.2 Å². The Morgan fingerprint density at radius 3 is 2.58 bits per heavy atom. The fraction of sp³-hybridized carbons (Fsp3) is 0.238. The zero-order chi connectivity index (χ0) is 18.7. The zero-order valence-electron chi connectivity index (χ0n) is 14.9. The van der Waals surface area contributed by atoms with E-state index in [4.69, 9.17) is 0 Å². The first kappa shape index (κ1) is 17.7. The van der Waals surface area contributed by atoms with Gasteiger partial charge in [-0.05, 0) is 67.5 Å². The van der Waals surface area contributed by atoms with Crippen molar-refractivity contribution in [2.45, 2.75) is 26.7 Å². The summed E-state index contributed by atoms with van der Waals surface area (Å²) >= 11 is 0. The van der Waals surface area contributed by atoms with Crippen LogP contribution in [0, 0.1) is 13.8 Å². The molecule has 0 spiro atoms. The van der Waals surface area contributed by atoms with Gasteiger partial charge in [-0.1, -0.05) is 23.8 Å². The number of hydrogen-bond donors (Lipinski definition) is 3. The van der Waals surface area contributed by atoms with Gasteiger partial charge < -0.3 is 15.4 Å². The van der Waals surface area contributed by atoms with Gasteiger partial charge in [-0.3, -0.25) is 9.59 Å². The summed E-state index contributed by atoms with van der Waals surface area (Å²) in [4.78, 5) is 27.4. The number of carbonyl (C=O) groups is 1. The summed E-state index contributed by atoms with van der Waals surface area (Å²) in [6.45, 7) is 4.40. The van der Waals surface area contributed by atoms with Crippen molar-refractivity contribution < 1.29 is 9.90 Å². The maximum absolute atomic E-state index is 12.4. The molecule has 1 aromatic heterocycles. The fourth-order valence-corrected chi connectivity index (χ4v) is 3.11. The molecule has 0 fully saturated rings. The minimum atomic E-state index is -0.375. The van der Waals surface area contributed by atoms with Crippen molar-refractivity contribution in [3.05, 3.63) is 75.1 Å². The van der Waals surface area contributed by atoms with Gasteiger partial charge in [-0.2, -0.15) is 0 Å². The predicted octanol–water partition coefficient (Wildman–Crippen LogP) is 3.21. The Labute approximate surface area is 151 Å². The third-order valence-corrected chi connectivity index (χ3v) is 4.40. The van der Waals surface area contributed by atoms with Crippen molar-refractivity contribution in [2.24, 2.45) is 0 Å². The number of fused-ring (bicyclic) bond motifs is 1. The number of pyridine rings is 1. The highest BCUT2D eigenvalue weighted by Gasteiger charge is 2.12. The summed E-state index contributed by atoms with van der Waals surface area (Å²) < 4.78 is 0. The molecule has 0 unspecified atom stereocenters. The minimum absolute atomic E-state index is 0.132. The molecule has 2 aromatic carbocycles. The van der Waals surface area contributed by atoms with Crippen LogP contribution < -0.4 is 10.9 Å². The van der Waals surface area contributed by atoms with E-state index in [0.29, 0.717) is 6.54 Å². The molecule has 0 aliphatic rings. The Balaban J connectivity index is 1.66. The highest BCUT2D eigenvalue weighted by atomic mass is 16.3. The van der Waals surface area contributed by atoms with Crippen LogP contribution in [-0.2, 0) is 6.42 Å². The normalized spacial score (nSPS) is 10.8. The second-order valence-corrected chi connectivity index (χ2v) is 6.58. The van der Waals surface area contributed by atoms with Gasteiger partial charge in [0.25, 0.3) is 11.5 Å². The molecular formula is C21H22N2O3. The molecule has 1 heterocycles. The number of aromatic amines is 1. The lowest BCUT2D eigenvalue weighted by atomic mass is 10.0. The molecule has 3 rings (SSSR count). The maximum atomic E-state index is 12.4. The Hall–Kier alpha value is -3.08. The molecule has 0 aliphatic heterocycles. The van der Waals surface area contributed by atoms with Gasteiger partial charge in [0, 0.05) is 6.54 Å². The van der Waals surface area contributed by atoms with Crippen molar-refractivity contribution in [1.29, 1.82) is 0 Å². The van der Waals surface area contributed by atoms with Crippen LogP contribution in [0.15, 0.2) is 47.3 Å². The second kappa shape index (κ2) is 7.44. The number of aromatic hydroxyl groups is 1. The van der Waals surface area contributed by atoms with E-state index in [2.05, 4.69) is 10.3 Å². The van der Waals surface area contributed by atoms with Crippen LogP contribution >= 0.6 is 0 Å². The van der Waals surface area contributed by atoms with E-state index in [0.717, 1.165) is 40.4 Å². The van der Waals surface area contributed by atoms with Crippen LogP contribution in [-0.4, -0.2) is 22.5 Å². The third kappa shape index (κ3) is 3.94. The predicted molar refractivity (Wildman–Crippen MR) is 103 cm³/mol. The van der Waals surface area contributed by atoms with Crippen LogP contribution in [0.3, 0.4) is 0 Å². The molecule has 26 heavy (non-hydrogen) atoms. The van der Waals surface area contributed by atoms with Crippen LogP contribution in [0.25, 0.3) is 10.9 Å². The molecule has 5 nitrogen and oxygen atoms in total. The molecular weight excluding hydrogens is 328 g/mol. The smallest absolute Gasteiger partial charge is 0.261 e. The standard InChI is InChI=1S/C21H22N2O3/c1-13-10-14(2)19-16(11-13)12-18(21(26)23-19)20(25)22-9-3-4-15-5-7-17(24)8-6-15/h5-8,10-12,24H,3-4,9H2,1-2H3,(H,22,25)(H,23,26). The minimum Gasteiger partial charge on any atom is -0.508 e. The quantitative estimate of drug-likeness (QED) is 0.618. The largest absolute Gasteiger partial charge is 0.508 e. The number of rotatable bonds is 5. The number of H-pyrrole nitrogens is 1. The van der Waals surface area contributed by atoms with Crippen LogP contribution in [0.1, 0.15) is 33.5 Å². The molecule has 0 radical (unpaired) electrons. The van der Waals surface area contributed by atoms with Crippen LogP contribution in [0.2, 0.25) is 0 Å². The molecule has 0 aliphatic carbocycles. The number of phenols is 1. The highest BCUT2D eigenvalue weighted by molar-refractivity contribution is 5.97. The maximum Gasteiger partial charge on any atom is 0.261 e. The molecule has 5 heteroatoms. The lowest BCUT2D eigenvalue weighted by Crippen LogP contribution is -2.30. The van der Waals surface area contributed by atoms with E-state index in [1.165, 1.54) is 0 Å². The first-order valence-corrected chi connectivity index (χ1v) is 8.64. The second-order valence-electron chi connectivity index (χ2n) is 6.58. The van der Waals surface area contributed by atoms with Crippen molar-refractivity contribution >= 4 is 16.8 Å². The molecule has 3 aromatic rings. The van der Waals surface area contributed by atoms with Crippen molar-refractivity contribution in [1.82, 2.24) is 10.3 Å². The van der Waals surface area contributed by atoms with E-state index in [1.807, 2.05) is 38.1 Å². The molecule has 0 saturated heterocycles. The Morgan fingerprint density at radius 2 is 1.85 bits per heavy atom. The monoisotopic (exact) mass is 350 g/mol. The first-order valence-electron chi connectivity index (χ1n) is 8.64. The van der Waals surface area contributed by atoms with Gasteiger partial charge in [0.1, 0.15) is 11.3 Å². The van der Waals surface area contributed by atoms with Gasteiger partial charge in [-0.25, -0.2) is 0 Å². The number of hydrogen-bond acceptors (Lipinski definition) is 3. The van der Waals surface area contributed by atoms with E-state index < -0.39 is 0 Å². The SMILES string of the molecule is Cc1cc(C)c2[nH]c(=O)c(C(=O)NCCCc3ccc(O)cc3)cc2c1. The summed E-state index contributed by atoms with van der Waals surface area (Å²) in [6, 6.07) is 12.6. The number of carbonyl (C=O) groups excluding carboxylic acids is 1. The molecule has 1 amide bonds. The molecule has 0 saturated carbocycles. The number of amides is 1. The van der Waals surface area contributed by atoms with Crippen molar-refractivity contribution in [3.8, 4) is 5.75 Å². The van der Waals surface area contributed by atoms with E-state index in [-0.39, 0.29) is 22.8 Å². The summed E-state index contributed by atoms with van der Waals surface area (Å²) in [6.07, 6.45) is 1.53. The number of nitrogens with one attached hydrogen (secondary N) is 2.